The number of imidazole rings is 1. The fourth-order valence-electron chi connectivity index (χ4n) is 4.16. The van der Waals surface area contributed by atoms with Gasteiger partial charge in [0, 0.05) is 5.57 Å². The summed E-state index contributed by atoms with van der Waals surface area (Å²) in [5.74, 6) is 0.0764. The van der Waals surface area contributed by atoms with E-state index in [0.29, 0.717) is 5.57 Å². The molecule has 164 valence electrons. The first-order chi connectivity index (χ1) is 15.4. The third-order valence-corrected chi connectivity index (χ3v) is 5.73. The monoisotopic (exact) mass is 435 g/mol. The maximum Gasteiger partial charge on any atom is 0.280 e. The molecular weight excluding hydrogens is 414 g/mol. The summed E-state index contributed by atoms with van der Waals surface area (Å²) in [4.78, 5) is 23.6. The van der Waals surface area contributed by atoms with Crippen LogP contribution >= 0.6 is 0 Å². The first-order valence-corrected chi connectivity index (χ1v) is 9.98. The number of aromatic amines is 1. The number of rotatable bonds is 4. The van der Waals surface area contributed by atoms with Crippen molar-refractivity contribution in [3.05, 3.63) is 70.8 Å². The predicted octanol–water partition coefficient (Wildman–Crippen LogP) is 0.528. The Hall–Kier alpha value is -3.57. The lowest BCUT2D eigenvalue weighted by Gasteiger charge is -2.20. The van der Waals surface area contributed by atoms with E-state index in [1.807, 2.05) is 42.5 Å². The van der Waals surface area contributed by atoms with Gasteiger partial charge in [-0.25, -0.2) is 4.98 Å². The van der Waals surface area contributed by atoms with Gasteiger partial charge in [-0.1, -0.05) is 49.0 Å². The Morgan fingerprint density at radius 3 is 2.66 bits per heavy atom. The van der Waals surface area contributed by atoms with Crippen molar-refractivity contribution in [2.24, 2.45) is 0 Å². The van der Waals surface area contributed by atoms with Gasteiger partial charge in [-0.05, 0) is 16.3 Å². The molecule has 10 heteroatoms. The Morgan fingerprint density at radius 2 is 1.91 bits per heavy atom. The van der Waals surface area contributed by atoms with E-state index in [1.165, 1.54) is 4.57 Å². The Morgan fingerprint density at radius 1 is 1.16 bits per heavy atom. The molecule has 0 radical (unpaired) electrons. The highest BCUT2D eigenvalue weighted by atomic mass is 16.6. The summed E-state index contributed by atoms with van der Waals surface area (Å²) < 4.78 is 7.12. The molecule has 5 rings (SSSR count). The summed E-state index contributed by atoms with van der Waals surface area (Å²) >= 11 is 0. The molecule has 2 aromatic heterocycles. The number of benzene rings is 2. The lowest BCUT2D eigenvalue weighted by atomic mass is 9.98. The second-order valence-corrected chi connectivity index (χ2v) is 7.66. The molecule has 0 unspecified atom stereocenters. The van der Waals surface area contributed by atoms with Gasteiger partial charge in [0.15, 0.2) is 17.4 Å². The van der Waals surface area contributed by atoms with E-state index in [0.717, 1.165) is 16.3 Å². The maximum atomic E-state index is 12.5. The lowest BCUT2D eigenvalue weighted by Crippen LogP contribution is -2.33. The Labute approximate surface area is 181 Å². The first-order valence-electron chi connectivity index (χ1n) is 9.98. The van der Waals surface area contributed by atoms with Crippen LogP contribution in [0, 0.1) is 0 Å². The molecule has 0 saturated carbocycles. The number of ether oxygens (including phenoxy) is 1. The molecule has 32 heavy (non-hydrogen) atoms. The summed E-state index contributed by atoms with van der Waals surface area (Å²) in [6.07, 6.45) is -4.96. The number of nitrogens with two attached hydrogens (primary N) is 1. The highest BCUT2D eigenvalue weighted by molar-refractivity contribution is 5.97. The van der Waals surface area contributed by atoms with Gasteiger partial charge in [0.1, 0.15) is 24.1 Å². The van der Waals surface area contributed by atoms with E-state index in [9.17, 15) is 20.1 Å². The van der Waals surface area contributed by atoms with Crippen LogP contribution in [0.1, 0.15) is 17.6 Å². The predicted molar refractivity (Wildman–Crippen MR) is 118 cm³/mol. The molecule has 6 N–H and O–H groups in total. The third-order valence-electron chi connectivity index (χ3n) is 5.73. The number of H-pyrrole nitrogens is 1. The van der Waals surface area contributed by atoms with E-state index >= 15 is 0 Å². The molecule has 1 saturated heterocycles. The summed E-state index contributed by atoms with van der Waals surface area (Å²) in [5.41, 5.74) is 6.45. The van der Waals surface area contributed by atoms with E-state index < -0.39 is 36.7 Å². The van der Waals surface area contributed by atoms with Crippen molar-refractivity contribution in [2.45, 2.75) is 24.5 Å². The van der Waals surface area contributed by atoms with Crippen LogP contribution < -0.4 is 11.3 Å². The zero-order valence-corrected chi connectivity index (χ0v) is 16.8. The maximum absolute atomic E-state index is 12.5. The number of nitrogen functional groups attached to an aromatic ring is 1. The molecule has 1 aliphatic heterocycles. The largest absolute Gasteiger partial charge is 0.394 e. The van der Waals surface area contributed by atoms with Crippen molar-refractivity contribution < 1.29 is 20.1 Å². The topological polar surface area (TPSA) is 160 Å². The van der Waals surface area contributed by atoms with Gasteiger partial charge in [-0.2, -0.15) is 4.98 Å². The number of hydrogen-bond acceptors (Lipinski definition) is 8. The fraction of sp³-hybridized carbons (Fsp3) is 0.227. The third kappa shape index (κ3) is 3.00. The number of fused-ring (bicyclic) bond motifs is 2. The van der Waals surface area contributed by atoms with Crippen LogP contribution in [0.5, 0.6) is 0 Å². The molecule has 3 heterocycles. The molecule has 0 spiro atoms. The normalized spacial score (nSPS) is 23.2. The van der Waals surface area contributed by atoms with Crippen LogP contribution in [0.15, 0.2) is 53.8 Å². The Bertz CT molecular complexity index is 1410. The van der Waals surface area contributed by atoms with Crippen LogP contribution in [-0.2, 0) is 4.74 Å². The molecule has 2 aromatic carbocycles. The van der Waals surface area contributed by atoms with Crippen molar-refractivity contribution in [3.8, 4) is 0 Å². The van der Waals surface area contributed by atoms with E-state index in [2.05, 4.69) is 21.5 Å². The molecule has 0 amide bonds. The van der Waals surface area contributed by atoms with Gasteiger partial charge in [0.2, 0.25) is 5.95 Å². The summed E-state index contributed by atoms with van der Waals surface area (Å²) in [5, 5.41) is 32.4. The number of anilines is 1. The molecule has 1 aliphatic rings. The summed E-state index contributed by atoms with van der Waals surface area (Å²) in [6, 6.07) is 13.5. The zero-order chi connectivity index (χ0) is 22.6. The van der Waals surface area contributed by atoms with Gasteiger partial charge >= 0.3 is 0 Å². The quantitative estimate of drug-likeness (QED) is 0.310. The molecule has 0 bridgehead atoms. The lowest BCUT2D eigenvalue weighted by molar-refractivity contribution is -0.0514. The summed E-state index contributed by atoms with van der Waals surface area (Å²) in [7, 11) is 0. The molecular formula is C22H21N5O5. The van der Waals surface area contributed by atoms with Gasteiger partial charge in [0.05, 0.1) is 6.61 Å². The van der Waals surface area contributed by atoms with Gasteiger partial charge in [-0.15, -0.1) is 0 Å². The van der Waals surface area contributed by atoms with Crippen molar-refractivity contribution >= 4 is 33.5 Å². The average Bonchev–Trinajstić information content (AvgIpc) is 3.30. The Balaban J connectivity index is 1.76. The number of aliphatic hydroxyl groups excluding tert-OH is 3. The van der Waals surface area contributed by atoms with E-state index in [4.69, 9.17) is 10.5 Å². The van der Waals surface area contributed by atoms with Crippen molar-refractivity contribution in [1.82, 2.24) is 19.5 Å². The number of nitrogens with zero attached hydrogens (tertiary/aromatic N) is 3. The van der Waals surface area contributed by atoms with Crippen molar-refractivity contribution in [1.29, 1.82) is 0 Å². The van der Waals surface area contributed by atoms with Gasteiger partial charge < -0.3 is 25.8 Å². The number of nitrogens with one attached hydrogen (secondary N) is 1. The van der Waals surface area contributed by atoms with Gasteiger partial charge in [-0.3, -0.25) is 14.3 Å². The highest BCUT2D eigenvalue weighted by Crippen LogP contribution is 2.36. The minimum Gasteiger partial charge on any atom is -0.394 e. The number of hydrogen-bond donors (Lipinski definition) is 5. The number of aliphatic hydroxyl groups is 3. The van der Waals surface area contributed by atoms with Crippen LogP contribution in [0.25, 0.3) is 27.5 Å². The van der Waals surface area contributed by atoms with Gasteiger partial charge in [0.25, 0.3) is 5.56 Å². The molecule has 0 aliphatic carbocycles. The molecule has 4 atom stereocenters. The minimum atomic E-state index is -1.41. The van der Waals surface area contributed by atoms with Crippen molar-refractivity contribution in [3.63, 3.8) is 0 Å². The minimum absolute atomic E-state index is 0.0201. The molecule has 1 fully saturated rings. The highest BCUT2D eigenvalue weighted by Gasteiger charge is 2.45. The fourth-order valence-corrected chi connectivity index (χ4v) is 4.16. The second kappa shape index (κ2) is 7.53. The number of aromatic nitrogens is 4. The SMILES string of the molecule is C=C(c1cccc2ccccc12)c1nc2c(=O)[nH]c(N)nc2n1[C@@H]1O[C@H](CO)[C@@H](O)[C@H]1O. The van der Waals surface area contributed by atoms with E-state index in [-0.39, 0.29) is 22.9 Å². The van der Waals surface area contributed by atoms with Crippen LogP contribution in [0.2, 0.25) is 0 Å². The van der Waals surface area contributed by atoms with E-state index in [1.54, 1.807) is 0 Å². The molecule has 10 nitrogen and oxygen atoms in total. The Kier molecular flexibility index (Phi) is 4.79. The second-order valence-electron chi connectivity index (χ2n) is 7.66. The first kappa shape index (κ1) is 20.3. The zero-order valence-electron chi connectivity index (χ0n) is 16.8. The van der Waals surface area contributed by atoms with Crippen LogP contribution in [-0.4, -0.2) is 59.8 Å². The standard InChI is InChI=1S/C22H21N5O5/c1-10(12-8-4-6-11-5-2-3-7-13(11)12)18-24-15-19(25-22(23)26-20(15)31)27(18)21-17(30)16(29)14(9-28)32-21/h2-8,14,16-17,21,28-30H,1,9H2,(H3,23,25,26,31)/t14-,16-,17-,21-/m1/s1. The van der Waals surface area contributed by atoms with Crippen molar-refractivity contribution in [2.75, 3.05) is 12.3 Å². The summed E-state index contributed by atoms with van der Waals surface area (Å²) in [6.45, 7) is 3.70. The van der Waals surface area contributed by atoms with Crippen LogP contribution in [0.4, 0.5) is 5.95 Å². The average molecular weight is 435 g/mol. The van der Waals surface area contributed by atoms with Crippen LogP contribution in [0.3, 0.4) is 0 Å². The smallest absolute Gasteiger partial charge is 0.280 e. The molecule has 4 aromatic rings.